The van der Waals surface area contributed by atoms with Crippen molar-refractivity contribution in [1.82, 2.24) is 10.2 Å². The third-order valence-electron chi connectivity index (χ3n) is 4.45. The zero-order valence-electron chi connectivity index (χ0n) is 15.2. The molecule has 3 rings (SSSR count). The van der Waals surface area contributed by atoms with Gasteiger partial charge in [0.05, 0.1) is 18.3 Å². The van der Waals surface area contributed by atoms with Gasteiger partial charge in [0.15, 0.2) is 0 Å². The van der Waals surface area contributed by atoms with E-state index in [1.54, 1.807) is 18.2 Å². The van der Waals surface area contributed by atoms with Crippen LogP contribution in [0.25, 0.3) is 0 Å². The molecule has 0 aliphatic carbocycles. The number of nitrogens with one attached hydrogen (secondary N) is 1. The number of carboxylic acid groups (broad SMARTS) is 1. The standard InChI is InChI=1S/C18H20N2O5S.K/c1-2-4-10-5-3-6-11(7-10)15(22)19-13-16(23)20-14(18(24)25)12(8-21)9-26-17(13)20;/h3,5-7,13,17,21H,2,4,8-9H2,1H3,(H,19,22)(H,24,25);/q;+1/p-1/t13-,17+;/m0./s1. The molecule has 0 radical (unpaired) electrons. The summed E-state index contributed by atoms with van der Waals surface area (Å²) >= 11 is 1.31. The number of amides is 2. The van der Waals surface area contributed by atoms with Crippen molar-refractivity contribution in [2.24, 2.45) is 0 Å². The second kappa shape index (κ2) is 9.68. The fourth-order valence-corrected chi connectivity index (χ4v) is 4.51. The number of hydrogen-bond donors (Lipinski definition) is 2. The molecule has 27 heavy (non-hydrogen) atoms. The average molecular weight is 415 g/mol. The third kappa shape index (κ3) is 4.50. The third-order valence-corrected chi connectivity index (χ3v) is 5.79. The number of aliphatic carboxylic acids is 1. The molecule has 0 spiro atoms. The van der Waals surface area contributed by atoms with Gasteiger partial charge in [-0.25, -0.2) is 0 Å². The van der Waals surface area contributed by atoms with E-state index in [1.165, 1.54) is 11.8 Å². The van der Waals surface area contributed by atoms with Crippen molar-refractivity contribution in [3.8, 4) is 0 Å². The molecule has 7 nitrogen and oxygen atoms in total. The van der Waals surface area contributed by atoms with E-state index in [4.69, 9.17) is 0 Å². The molecular weight excluding hydrogens is 395 g/mol. The summed E-state index contributed by atoms with van der Waals surface area (Å²) in [6, 6.07) is 6.43. The molecule has 0 saturated carbocycles. The van der Waals surface area contributed by atoms with Gasteiger partial charge in [0, 0.05) is 11.3 Å². The molecule has 2 N–H and O–H groups in total. The number of carbonyl (C=O) groups excluding carboxylic acids is 3. The number of carboxylic acids is 1. The van der Waals surface area contributed by atoms with Gasteiger partial charge >= 0.3 is 51.4 Å². The predicted octanol–water partition coefficient (Wildman–Crippen LogP) is -3.35. The van der Waals surface area contributed by atoms with E-state index in [9.17, 15) is 24.6 Å². The summed E-state index contributed by atoms with van der Waals surface area (Å²) in [5.74, 6) is -2.10. The number of β-lactam (4-membered cyclic amide) rings is 1. The van der Waals surface area contributed by atoms with E-state index in [-0.39, 0.29) is 74.3 Å². The minimum atomic E-state index is -1.50. The normalized spacial score (nSPS) is 21.1. The smallest absolute Gasteiger partial charge is 0.543 e. The Hall–Kier alpha value is -0.684. The molecule has 2 atom stereocenters. The Morgan fingerprint density at radius 1 is 1.41 bits per heavy atom. The van der Waals surface area contributed by atoms with Gasteiger partial charge in [-0.2, -0.15) is 0 Å². The Balaban J connectivity index is 0.00000261. The van der Waals surface area contributed by atoms with Crippen LogP contribution in [0.3, 0.4) is 0 Å². The van der Waals surface area contributed by atoms with Gasteiger partial charge < -0.3 is 20.3 Å². The van der Waals surface area contributed by atoms with E-state index in [0.29, 0.717) is 5.56 Å². The van der Waals surface area contributed by atoms with Gasteiger partial charge in [-0.05, 0) is 29.7 Å². The Labute approximate surface area is 204 Å². The molecule has 1 saturated heterocycles. The molecule has 0 unspecified atom stereocenters. The van der Waals surface area contributed by atoms with E-state index < -0.39 is 29.9 Å². The first-order valence-electron chi connectivity index (χ1n) is 8.36. The molecule has 1 aromatic carbocycles. The molecule has 2 heterocycles. The van der Waals surface area contributed by atoms with Crippen LogP contribution in [0.2, 0.25) is 0 Å². The topological polar surface area (TPSA) is 110 Å². The maximum atomic E-state index is 12.5. The van der Waals surface area contributed by atoms with Gasteiger partial charge in [-0.3, -0.25) is 14.5 Å². The second-order valence-corrected chi connectivity index (χ2v) is 7.31. The first-order valence-corrected chi connectivity index (χ1v) is 9.41. The van der Waals surface area contributed by atoms with Crippen LogP contribution in [0.15, 0.2) is 35.5 Å². The molecular formula is C18H19KN2O5S. The second-order valence-electron chi connectivity index (χ2n) is 6.21. The number of aliphatic hydroxyl groups excluding tert-OH is 1. The summed E-state index contributed by atoms with van der Waals surface area (Å²) in [6.07, 6.45) is 1.82. The average Bonchev–Trinajstić information content (AvgIpc) is 2.64. The van der Waals surface area contributed by atoms with E-state index >= 15 is 0 Å². The number of hydrogen-bond acceptors (Lipinski definition) is 6. The fourth-order valence-electron chi connectivity index (χ4n) is 3.17. The zero-order valence-corrected chi connectivity index (χ0v) is 19.2. The zero-order chi connectivity index (χ0) is 18.8. The Kier molecular flexibility index (Phi) is 8.11. The maximum Gasteiger partial charge on any atom is 1.00 e. The van der Waals surface area contributed by atoms with Crippen LogP contribution < -0.4 is 61.8 Å². The van der Waals surface area contributed by atoms with E-state index in [0.717, 1.165) is 23.3 Å². The molecule has 2 amide bonds. The van der Waals surface area contributed by atoms with Crippen LogP contribution in [0.5, 0.6) is 0 Å². The first kappa shape index (κ1) is 22.6. The van der Waals surface area contributed by atoms with Crippen molar-refractivity contribution in [2.45, 2.75) is 31.2 Å². The summed E-state index contributed by atoms with van der Waals surface area (Å²) in [5.41, 5.74) is 1.48. The molecule has 2 aliphatic heterocycles. The van der Waals surface area contributed by atoms with E-state index in [1.807, 2.05) is 6.07 Å². The quantitative estimate of drug-likeness (QED) is 0.372. The summed E-state index contributed by atoms with van der Waals surface area (Å²) < 4.78 is 0. The number of carbonyl (C=O) groups is 3. The van der Waals surface area contributed by atoms with Crippen molar-refractivity contribution in [2.75, 3.05) is 12.4 Å². The number of aliphatic hydroxyl groups is 1. The maximum absolute atomic E-state index is 12.5. The Bertz CT molecular complexity index is 798. The number of rotatable bonds is 6. The monoisotopic (exact) mass is 414 g/mol. The van der Waals surface area contributed by atoms with Gasteiger partial charge in [0.2, 0.25) is 0 Å². The molecule has 138 valence electrons. The molecule has 1 aromatic rings. The van der Waals surface area contributed by atoms with Gasteiger partial charge in [0.1, 0.15) is 11.4 Å². The molecule has 2 aliphatic rings. The molecule has 9 heteroatoms. The number of fused-ring (bicyclic) bond motifs is 1. The summed E-state index contributed by atoms with van der Waals surface area (Å²) in [7, 11) is 0. The number of nitrogens with zero attached hydrogens (tertiary/aromatic N) is 1. The Morgan fingerprint density at radius 3 is 2.78 bits per heavy atom. The van der Waals surface area contributed by atoms with Gasteiger partial charge in [-0.15, -0.1) is 11.8 Å². The number of thioether (sulfide) groups is 1. The largest absolute Gasteiger partial charge is 1.00 e. The molecule has 1 fully saturated rings. The summed E-state index contributed by atoms with van der Waals surface area (Å²) in [5, 5.41) is 22.8. The minimum absolute atomic E-state index is 0. The summed E-state index contributed by atoms with van der Waals surface area (Å²) in [4.78, 5) is 37.3. The Morgan fingerprint density at radius 2 is 2.15 bits per heavy atom. The number of aryl methyl sites for hydroxylation is 1. The van der Waals surface area contributed by atoms with Crippen LogP contribution >= 0.6 is 11.8 Å². The molecule has 0 bridgehead atoms. The van der Waals surface area contributed by atoms with E-state index in [2.05, 4.69) is 12.2 Å². The van der Waals surface area contributed by atoms with Crippen molar-refractivity contribution < 1.29 is 76.0 Å². The van der Waals surface area contributed by atoms with Gasteiger partial charge in [0.25, 0.3) is 11.8 Å². The predicted molar refractivity (Wildman–Crippen MR) is 93.9 cm³/mol. The SMILES string of the molecule is CCCc1cccc(C(=O)N[C@H]2C(=O)N3C(C(=O)[O-])=C(CO)CS[C@H]23)c1.[K+]. The van der Waals surface area contributed by atoms with Crippen molar-refractivity contribution in [1.29, 1.82) is 0 Å². The van der Waals surface area contributed by atoms with Crippen LogP contribution in [-0.2, 0) is 16.0 Å². The van der Waals surface area contributed by atoms with Crippen LogP contribution in [-0.4, -0.2) is 51.6 Å². The summed E-state index contributed by atoms with van der Waals surface area (Å²) in [6.45, 7) is 1.60. The fraction of sp³-hybridized carbons (Fsp3) is 0.389. The first-order chi connectivity index (χ1) is 12.5. The van der Waals surface area contributed by atoms with Gasteiger partial charge in [-0.1, -0.05) is 25.5 Å². The van der Waals surface area contributed by atoms with Crippen molar-refractivity contribution in [3.05, 3.63) is 46.7 Å². The minimum Gasteiger partial charge on any atom is -0.543 e. The van der Waals surface area contributed by atoms with Crippen LogP contribution in [0, 0.1) is 0 Å². The van der Waals surface area contributed by atoms with Crippen LogP contribution in [0.4, 0.5) is 0 Å². The molecule has 0 aromatic heterocycles. The van der Waals surface area contributed by atoms with Crippen molar-refractivity contribution in [3.63, 3.8) is 0 Å². The van der Waals surface area contributed by atoms with Crippen molar-refractivity contribution >= 4 is 29.5 Å². The van der Waals surface area contributed by atoms with Crippen LogP contribution in [0.1, 0.15) is 29.3 Å². The number of benzene rings is 1.